The number of hydrogen-bond donors (Lipinski definition) is 2. The second-order valence-electron chi connectivity index (χ2n) is 9.53. The molecule has 2 N–H and O–H groups in total. The number of nitrogens with zero attached hydrogens (tertiary/aromatic N) is 1. The molecule has 216 valence electrons. The van der Waals surface area contributed by atoms with Crippen molar-refractivity contribution in [1.82, 2.24) is 5.43 Å². The zero-order chi connectivity index (χ0) is 29.2. The molecule has 3 aromatic rings. The number of amides is 2. The van der Waals surface area contributed by atoms with Crippen LogP contribution in [0.5, 0.6) is 11.5 Å². The number of hydrogen-bond acceptors (Lipinski definition) is 8. The molecule has 0 saturated carbocycles. The number of rotatable bonds is 12. The van der Waals surface area contributed by atoms with Gasteiger partial charge in [0, 0.05) is 10.4 Å². The first kappa shape index (κ1) is 29.8. The zero-order valence-electron chi connectivity index (χ0n) is 23.5. The standard InChI is InChI=1S/C31H35N3O6S/c1-4-18-39-23-14-10-21(11-15-23)19-32-34-28(35)20(3)40-24-16-12-22(13-17-24)29(36)33-30-27(31(37)38-5-2)25-8-6-7-9-26(25)41-30/h10-17,19-20H,4-9,18H2,1-3H3,(H,33,36)(H,34,35)/b32-19-/t20-/m1/s1. The van der Waals surface area contributed by atoms with Crippen molar-refractivity contribution in [2.75, 3.05) is 18.5 Å². The first-order valence-electron chi connectivity index (χ1n) is 13.8. The smallest absolute Gasteiger partial charge is 0.341 e. The summed E-state index contributed by atoms with van der Waals surface area (Å²) in [6, 6.07) is 13.9. The van der Waals surface area contributed by atoms with Crippen molar-refractivity contribution in [3.05, 3.63) is 75.7 Å². The molecule has 1 atom stereocenters. The number of ether oxygens (including phenoxy) is 3. The normalized spacial score (nSPS) is 13.2. The van der Waals surface area contributed by atoms with Crippen molar-refractivity contribution in [2.45, 2.75) is 59.0 Å². The fraction of sp³-hybridized carbons (Fsp3) is 0.355. The van der Waals surface area contributed by atoms with E-state index in [0.29, 0.717) is 28.5 Å². The second-order valence-corrected chi connectivity index (χ2v) is 10.6. The van der Waals surface area contributed by atoms with Gasteiger partial charge < -0.3 is 19.5 Å². The molecule has 1 aromatic heterocycles. The number of carbonyl (C=O) groups excluding carboxylic acids is 3. The van der Waals surface area contributed by atoms with Gasteiger partial charge in [0.05, 0.1) is 25.0 Å². The van der Waals surface area contributed by atoms with Gasteiger partial charge >= 0.3 is 5.97 Å². The molecule has 1 heterocycles. The Morgan fingerprint density at radius 2 is 1.71 bits per heavy atom. The van der Waals surface area contributed by atoms with E-state index in [1.54, 1.807) is 44.3 Å². The average Bonchev–Trinajstić information content (AvgIpc) is 3.35. The molecule has 0 fully saturated rings. The summed E-state index contributed by atoms with van der Waals surface area (Å²) in [5.74, 6) is 0.0437. The van der Waals surface area contributed by atoms with Gasteiger partial charge in [-0.3, -0.25) is 9.59 Å². The summed E-state index contributed by atoms with van der Waals surface area (Å²) < 4.78 is 16.5. The summed E-state index contributed by atoms with van der Waals surface area (Å²) in [7, 11) is 0. The lowest BCUT2D eigenvalue weighted by molar-refractivity contribution is -0.127. The number of aryl methyl sites for hydroxylation is 1. The molecule has 41 heavy (non-hydrogen) atoms. The highest BCUT2D eigenvalue weighted by atomic mass is 32.1. The van der Waals surface area contributed by atoms with E-state index >= 15 is 0 Å². The van der Waals surface area contributed by atoms with Crippen molar-refractivity contribution >= 4 is 40.3 Å². The molecule has 0 spiro atoms. The van der Waals surface area contributed by atoms with Crippen LogP contribution in [0.25, 0.3) is 0 Å². The average molecular weight is 578 g/mol. The van der Waals surface area contributed by atoms with E-state index < -0.39 is 18.0 Å². The third-order valence-electron chi connectivity index (χ3n) is 6.42. The predicted molar refractivity (Wildman–Crippen MR) is 159 cm³/mol. The lowest BCUT2D eigenvalue weighted by Crippen LogP contribution is -2.33. The molecule has 0 radical (unpaired) electrons. The lowest BCUT2D eigenvalue weighted by Gasteiger charge is -2.13. The number of hydrazone groups is 1. The lowest BCUT2D eigenvalue weighted by atomic mass is 9.95. The van der Waals surface area contributed by atoms with Crippen molar-refractivity contribution in [3.63, 3.8) is 0 Å². The van der Waals surface area contributed by atoms with E-state index in [1.807, 2.05) is 31.2 Å². The highest BCUT2D eigenvalue weighted by Gasteiger charge is 2.27. The first-order valence-corrected chi connectivity index (χ1v) is 14.7. The molecule has 4 rings (SSSR count). The van der Waals surface area contributed by atoms with E-state index in [0.717, 1.165) is 53.9 Å². The number of anilines is 1. The van der Waals surface area contributed by atoms with Crippen molar-refractivity contribution in [1.29, 1.82) is 0 Å². The molecule has 0 unspecified atom stereocenters. The minimum absolute atomic E-state index is 0.268. The Labute approximate surface area is 243 Å². The molecule has 0 bridgehead atoms. The molecule has 1 aliphatic rings. The molecular weight excluding hydrogens is 542 g/mol. The maximum Gasteiger partial charge on any atom is 0.341 e. The van der Waals surface area contributed by atoms with Gasteiger partial charge in [0.1, 0.15) is 16.5 Å². The highest BCUT2D eigenvalue weighted by molar-refractivity contribution is 7.17. The molecule has 10 heteroatoms. The van der Waals surface area contributed by atoms with Crippen LogP contribution in [0.3, 0.4) is 0 Å². The van der Waals surface area contributed by atoms with Gasteiger partial charge in [-0.1, -0.05) is 6.92 Å². The van der Waals surface area contributed by atoms with Crippen LogP contribution in [-0.4, -0.2) is 43.3 Å². The number of fused-ring (bicyclic) bond motifs is 1. The summed E-state index contributed by atoms with van der Waals surface area (Å²) >= 11 is 1.44. The Hall–Kier alpha value is -4.18. The van der Waals surface area contributed by atoms with E-state index in [-0.39, 0.29) is 12.5 Å². The van der Waals surface area contributed by atoms with Gasteiger partial charge in [-0.25, -0.2) is 10.2 Å². The monoisotopic (exact) mass is 577 g/mol. The Bertz CT molecular complexity index is 1380. The Morgan fingerprint density at radius 1 is 1.00 bits per heavy atom. The van der Waals surface area contributed by atoms with E-state index in [9.17, 15) is 14.4 Å². The van der Waals surface area contributed by atoms with Gasteiger partial charge in [0.25, 0.3) is 11.8 Å². The first-order chi connectivity index (χ1) is 19.9. The van der Waals surface area contributed by atoms with Gasteiger partial charge in [-0.2, -0.15) is 5.10 Å². The van der Waals surface area contributed by atoms with Crippen LogP contribution in [0.4, 0.5) is 5.00 Å². The fourth-order valence-corrected chi connectivity index (χ4v) is 5.59. The topological polar surface area (TPSA) is 115 Å². The quantitative estimate of drug-likeness (QED) is 0.161. The summed E-state index contributed by atoms with van der Waals surface area (Å²) in [4.78, 5) is 39.3. The number of carbonyl (C=O) groups is 3. The largest absolute Gasteiger partial charge is 0.494 e. The van der Waals surface area contributed by atoms with Crippen molar-refractivity contribution in [3.8, 4) is 11.5 Å². The fourth-order valence-electron chi connectivity index (χ4n) is 4.32. The van der Waals surface area contributed by atoms with Crippen LogP contribution >= 0.6 is 11.3 Å². The number of esters is 1. The third kappa shape index (κ3) is 7.94. The van der Waals surface area contributed by atoms with Crippen LogP contribution in [0.15, 0.2) is 53.6 Å². The molecule has 9 nitrogen and oxygen atoms in total. The predicted octanol–water partition coefficient (Wildman–Crippen LogP) is 5.76. The Kier molecular flexibility index (Phi) is 10.5. The molecule has 2 amide bonds. The summed E-state index contributed by atoms with van der Waals surface area (Å²) in [6.07, 6.45) is 5.44. The molecule has 2 aromatic carbocycles. The van der Waals surface area contributed by atoms with Gasteiger partial charge in [-0.15, -0.1) is 11.3 Å². The minimum atomic E-state index is -0.818. The van der Waals surface area contributed by atoms with Crippen LogP contribution in [0.2, 0.25) is 0 Å². The number of benzene rings is 2. The number of thiophene rings is 1. The van der Waals surface area contributed by atoms with E-state index in [4.69, 9.17) is 14.2 Å². The highest BCUT2D eigenvalue weighted by Crippen LogP contribution is 2.38. The van der Waals surface area contributed by atoms with Crippen LogP contribution in [0.1, 0.15) is 76.8 Å². The zero-order valence-corrected chi connectivity index (χ0v) is 24.3. The van der Waals surface area contributed by atoms with Crippen molar-refractivity contribution in [2.24, 2.45) is 5.10 Å². The maximum absolute atomic E-state index is 13.0. The molecule has 1 aliphatic carbocycles. The maximum atomic E-state index is 13.0. The molecule has 0 saturated heterocycles. The van der Waals surface area contributed by atoms with Crippen molar-refractivity contribution < 1.29 is 28.6 Å². The summed E-state index contributed by atoms with van der Waals surface area (Å²) in [5, 5.41) is 7.42. The van der Waals surface area contributed by atoms with Crippen LogP contribution < -0.4 is 20.2 Å². The summed E-state index contributed by atoms with van der Waals surface area (Å²) in [5.41, 5.74) is 5.15. The third-order valence-corrected chi connectivity index (χ3v) is 7.63. The van der Waals surface area contributed by atoms with Gasteiger partial charge in [0.15, 0.2) is 6.10 Å². The summed E-state index contributed by atoms with van der Waals surface area (Å²) in [6.45, 7) is 6.35. The van der Waals surface area contributed by atoms with Crippen LogP contribution in [0, 0.1) is 0 Å². The molecule has 0 aliphatic heterocycles. The van der Waals surface area contributed by atoms with Gasteiger partial charge in [-0.05, 0) is 106 Å². The SMILES string of the molecule is CCCOc1ccc(/C=N\NC(=O)[C@@H](C)Oc2ccc(C(=O)Nc3sc4c(c3C(=O)OCC)CCCC4)cc2)cc1. The second kappa shape index (κ2) is 14.5. The van der Waals surface area contributed by atoms with E-state index in [1.165, 1.54) is 11.3 Å². The van der Waals surface area contributed by atoms with E-state index in [2.05, 4.69) is 15.8 Å². The minimum Gasteiger partial charge on any atom is -0.494 e. The van der Waals surface area contributed by atoms with Gasteiger partial charge in [0.2, 0.25) is 0 Å². The number of nitrogens with one attached hydrogen (secondary N) is 2. The Balaban J connectivity index is 1.31. The Morgan fingerprint density at radius 3 is 2.41 bits per heavy atom. The molecular formula is C31H35N3O6S. The van der Waals surface area contributed by atoms with Crippen LogP contribution in [-0.2, 0) is 22.4 Å².